The maximum Gasteiger partial charge on any atom is 0.136 e. The van der Waals surface area contributed by atoms with Crippen molar-refractivity contribution in [2.45, 2.75) is 0 Å². The average molecular weight is 737 g/mol. The van der Waals surface area contributed by atoms with Gasteiger partial charge in [-0.15, -0.1) is 0 Å². The van der Waals surface area contributed by atoms with Crippen LogP contribution in [-0.4, -0.2) is 0 Å². The summed E-state index contributed by atoms with van der Waals surface area (Å²) in [7, 11) is 0. The van der Waals surface area contributed by atoms with Crippen LogP contribution in [0.25, 0.3) is 131 Å². The number of fused-ring (bicyclic) bond motifs is 13. The van der Waals surface area contributed by atoms with Crippen molar-refractivity contribution in [1.29, 1.82) is 0 Å². The number of para-hydroxylation sites is 1. The van der Waals surface area contributed by atoms with Gasteiger partial charge >= 0.3 is 0 Å². The van der Waals surface area contributed by atoms with Gasteiger partial charge in [0.25, 0.3) is 0 Å². The summed E-state index contributed by atoms with van der Waals surface area (Å²) < 4.78 is 12.9. The molecule has 13 rings (SSSR count). The van der Waals surface area contributed by atoms with Gasteiger partial charge in [0.15, 0.2) is 0 Å². The molecule has 13 aromatic rings. The predicted molar refractivity (Wildman–Crippen MR) is 245 cm³/mol. The van der Waals surface area contributed by atoms with Gasteiger partial charge in [0, 0.05) is 26.9 Å². The summed E-state index contributed by atoms with van der Waals surface area (Å²) in [6.07, 6.45) is 0. The molecular formula is C56H32O2. The molecule has 58 heavy (non-hydrogen) atoms. The van der Waals surface area contributed by atoms with E-state index in [0.717, 1.165) is 55.0 Å². The molecule has 0 saturated heterocycles. The highest BCUT2D eigenvalue weighted by atomic mass is 16.3. The van der Waals surface area contributed by atoms with Crippen molar-refractivity contribution in [2.24, 2.45) is 0 Å². The highest BCUT2D eigenvalue weighted by molar-refractivity contribution is 6.31. The number of hydrogen-bond acceptors (Lipinski definition) is 2. The fourth-order valence-electron chi connectivity index (χ4n) is 9.83. The van der Waals surface area contributed by atoms with Crippen molar-refractivity contribution >= 4 is 97.7 Å². The van der Waals surface area contributed by atoms with Gasteiger partial charge < -0.3 is 8.83 Å². The monoisotopic (exact) mass is 736 g/mol. The molecule has 2 heteroatoms. The van der Waals surface area contributed by atoms with Gasteiger partial charge in [-0.2, -0.15) is 0 Å². The third kappa shape index (κ3) is 4.48. The van der Waals surface area contributed by atoms with Crippen LogP contribution >= 0.6 is 0 Å². The Kier molecular flexibility index (Phi) is 6.47. The van der Waals surface area contributed by atoms with E-state index >= 15 is 0 Å². The summed E-state index contributed by atoms with van der Waals surface area (Å²) in [5.74, 6) is 0. The van der Waals surface area contributed by atoms with Gasteiger partial charge in [0.2, 0.25) is 0 Å². The Morgan fingerprint density at radius 3 is 1.47 bits per heavy atom. The zero-order chi connectivity index (χ0) is 37.9. The van der Waals surface area contributed by atoms with E-state index in [1.165, 1.54) is 76.1 Å². The molecule has 0 fully saturated rings. The van der Waals surface area contributed by atoms with Crippen molar-refractivity contribution in [1.82, 2.24) is 0 Å². The van der Waals surface area contributed by atoms with Crippen LogP contribution in [0.4, 0.5) is 0 Å². The molecule has 0 aliphatic rings. The summed E-state index contributed by atoms with van der Waals surface area (Å²) in [6.45, 7) is 0. The molecule has 0 aliphatic carbocycles. The summed E-state index contributed by atoms with van der Waals surface area (Å²) >= 11 is 0. The largest absolute Gasteiger partial charge is 0.456 e. The zero-order valence-electron chi connectivity index (χ0n) is 31.3. The molecule has 0 unspecified atom stereocenters. The van der Waals surface area contributed by atoms with Gasteiger partial charge in [-0.25, -0.2) is 0 Å². The lowest BCUT2D eigenvalue weighted by molar-refractivity contribution is 0.669. The van der Waals surface area contributed by atoms with Crippen molar-refractivity contribution < 1.29 is 8.83 Å². The zero-order valence-corrected chi connectivity index (χ0v) is 31.3. The molecule has 0 atom stereocenters. The second-order valence-electron chi connectivity index (χ2n) is 15.5. The molecule has 0 saturated carbocycles. The second-order valence-corrected chi connectivity index (χ2v) is 15.5. The lowest BCUT2D eigenvalue weighted by Crippen LogP contribution is -1.91. The van der Waals surface area contributed by atoms with Crippen LogP contribution < -0.4 is 0 Å². The van der Waals surface area contributed by atoms with Crippen molar-refractivity contribution in [3.8, 4) is 33.4 Å². The van der Waals surface area contributed by atoms with Gasteiger partial charge in [-0.1, -0.05) is 152 Å². The number of hydrogen-bond donors (Lipinski definition) is 0. The lowest BCUT2D eigenvalue weighted by atomic mass is 9.84. The molecule has 2 aromatic heterocycles. The smallest absolute Gasteiger partial charge is 0.136 e. The molecule has 2 nitrogen and oxygen atoms in total. The highest BCUT2D eigenvalue weighted by Gasteiger charge is 2.20. The van der Waals surface area contributed by atoms with Crippen LogP contribution in [0.3, 0.4) is 0 Å². The SMILES string of the molecule is c1ccc2c(-c3c4ccccc4c(-c4ccc5cc(-c6ccc7c(c6)oc6ccc8ccc9oc%10ccccc%10c9c8c67)ccc5c4)c4ccccc34)cccc2c1. The van der Waals surface area contributed by atoms with Crippen LogP contribution in [0.1, 0.15) is 0 Å². The van der Waals surface area contributed by atoms with Crippen molar-refractivity contribution in [3.05, 3.63) is 194 Å². The molecule has 0 amide bonds. The summed E-state index contributed by atoms with van der Waals surface area (Å²) in [5, 5.41) is 16.8. The highest BCUT2D eigenvalue weighted by Crippen LogP contribution is 2.46. The minimum absolute atomic E-state index is 0.881. The van der Waals surface area contributed by atoms with E-state index < -0.39 is 0 Å². The molecule has 2 heterocycles. The number of rotatable bonds is 3. The fraction of sp³-hybridized carbons (Fsp3) is 0. The van der Waals surface area contributed by atoms with E-state index in [1.807, 2.05) is 12.1 Å². The molecule has 0 spiro atoms. The molecule has 11 aromatic carbocycles. The number of benzene rings is 11. The van der Waals surface area contributed by atoms with Crippen LogP contribution in [0, 0.1) is 0 Å². The molecule has 0 aliphatic heterocycles. The maximum absolute atomic E-state index is 6.61. The Hall–Kier alpha value is -7.68. The van der Waals surface area contributed by atoms with Gasteiger partial charge in [-0.3, -0.25) is 0 Å². The standard InChI is InChI=1S/C56H32O2/c1-2-12-40-33(10-1)11-9-18-41(40)54-44-15-5-3-13-42(44)52(43-14-4-6-16-45(43)54)39-23-22-35-30-36(20-21-37(35)31-39)38-24-27-47-51(32-38)58-50-29-26-34-25-28-49-55(53(34)56(47)50)46-17-7-8-19-48(46)57-49/h1-32H. The maximum atomic E-state index is 6.61. The number of furan rings is 2. The van der Waals surface area contributed by atoms with Crippen LogP contribution in [-0.2, 0) is 0 Å². The molecule has 0 radical (unpaired) electrons. The topological polar surface area (TPSA) is 26.3 Å². The normalized spacial score (nSPS) is 12.1. The fourth-order valence-corrected chi connectivity index (χ4v) is 9.83. The third-order valence-corrected chi connectivity index (χ3v) is 12.4. The first kappa shape index (κ1) is 31.5. The Labute approximate surface area is 332 Å². The minimum atomic E-state index is 0.881. The van der Waals surface area contributed by atoms with Crippen molar-refractivity contribution in [2.75, 3.05) is 0 Å². The third-order valence-electron chi connectivity index (χ3n) is 12.4. The van der Waals surface area contributed by atoms with Crippen LogP contribution in [0.15, 0.2) is 203 Å². The van der Waals surface area contributed by atoms with Crippen LogP contribution in [0.5, 0.6) is 0 Å². The van der Waals surface area contributed by atoms with Crippen LogP contribution in [0.2, 0.25) is 0 Å². The lowest BCUT2D eigenvalue weighted by Gasteiger charge is -2.19. The van der Waals surface area contributed by atoms with E-state index in [2.05, 4.69) is 182 Å². The predicted octanol–water partition coefficient (Wildman–Crippen LogP) is 16.3. The quantitative estimate of drug-likeness (QED) is 0.169. The van der Waals surface area contributed by atoms with E-state index in [9.17, 15) is 0 Å². The van der Waals surface area contributed by atoms with E-state index in [1.54, 1.807) is 0 Å². The van der Waals surface area contributed by atoms with E-state index in [0.29, 0.717) is 0 Å². The first-order chi connectivity index (χ1) is 28.7. The van der Waals surface area contributed by atoms with Gasteiger partial charge in [0.05, 0.1) is 0 Å². The Morgan fingerprint density at radius 2 is 0.741 bits per heavy atom. The van der Waals surface area contributed by atoms with Crippen molar-refractivity contribution in [3.63, 3.8) is 0 Å². The minimum Gasteiger partial charge on any atom is -0.456 e. The van der Waals surface area contributed by atoms with E-state index in [-0.39, 0.29) is 0 Å². The molecule has 268 valence electrons. The first-order valence-corrected chi connectivity index (χ1v) is 19.9. The average Bonchev–Trinajstić information content (AvgIpc) is 3.86. The van der Waals surface area contributed by atoms with Gasteiger partial charge in [0.1, 0.15) is 22.3 Å². The molecular weight excluding hydrogens is 705 g/mol. The summed E-state index contributed by atoms with van der Waals surface area (Å²) in [5.41, 5.74) is 10.9. The summed E-state index contributed by atoms with van der Waals surface area (Å²) in [6, 6.07) is 70.4. The molecule has 0 N–H and O–H groups in total. The second kappa shape index (κ2) is 11.9. The molecule has 0 bridgehead atoms. The first-order valence-electron chi connectivity index (χ1n) is 19.9. The van der Waals surface area contributed by atoms with Gasteiger partial charge in [-0.05, 0) is 124 Å². The summed E-state index contributed by atoms with van der Waals surface area (Å²) in [4.78, 5) is 0. The van der Waals surface area contributed by atoms with E-state index in [4.69, 9.17) is 8.83 Å². The Bertz CT molecular complexity index is 3800. The Morgan fingerprint density at radius 1 is 0.241 bits per heavy atom. The Balaban J connectivity index is 0.948.